The monoisotopic (exact) mass is 427 g/mol. The first-order valence-electron chi connectivity index (χ1n) is 9.57. The second-order valence-electron chi connectivity index (χ2n) is 6.32. The maximum Gasteiger partial charge on any atom is 0.573 e. The third kappa shape index (κ3) is 6.66. The molecule has 166 valence electrons. The number of halogens is 3. The Morgan fingerprint density at radius 1 is 1.10 bits per heavy atom. The molecule has 0 saturated carbocycles. The van der Waals surface area contributed by atoms with E-state index in [4.69, 9.17) is 15.2 Å². The summed E-state index contributed by atoms with van der Waals surface area (Å²) in [5, 5.41) is 0. The van der Waals surface area contributed by atoms with Crippen LogP contribution in [0.3, 0.4) is 0 Å². The van der Waals surface area contributed by atoms with Gasteiger partial charge in [0.25, 0.3) is 0 Å². The maximum absolute atomic E-state index is 12.3. The van der Waals surface area contributed by atoms with Crippen molar-refractivity contribution in [2.45, 2.75) is 47.0 Å². The predicted molar refractivity (Wildman–Crippen MR) is 110 cm³/mol. The number of alkyl halides is 3. The van der Waals surface area contributed by atoms with Gasteiger partial charge in [-0.25, -0.2) is 4.79 Å². The summed E-state index contributed by atoms with van der Waals surface area (Å²) in [6.07, 6.45) is -3.51. The summed E-state index contributed by atoms with van der Waals surface area (Å²) in [5.41, 5.74) is 8.51. The average molecular weight is 427 g/mol. The van der Waals surface area contributed by atoms with E-state index in [0.29, 0.717) is 28.0 Å². The fourth-order valence-corrected chi connectivity index (χ4v) is 2.79. The van der Waals surface area contributed by atoms with Crippen LogP contribution in [0.25, 0.3) is 11.1 Å². The molecule has 30 heavy (non-hydrogen) atoms. The Morgan fingerprint density at radius 2 is 1.67 bits per heavy atom. The predicted octanol–water partition coefficient (Wildman–Crippen LogP) is 5.62. The van der Waals surface area contributed by atoms with Crippen LogP contribution in [0.1, 0.15) is 48.7 Å². The summed E-state index contributed by atoms with van der Waals surface area (Å²) in [7, 11) is 1.43. The van der Waals surface area contributed by atoms with E-state index in [0.717, 1.165) is 0 Å². The van der Waals surface area contributed by atoms with Gasteiger partial charge in [-0.3, -0.25) is 0 Å². The first kappa shape index (κ1) is 25.3. The number of ether oxygens (including phenoxy) is 3. The molecule has 2 aromatic rings. The lowest BCUT2D eigenvalue weighted by Gasteiger charge is -2.18. The van der Waals surface area contributed by atoms with Crippen molar-refractivity contribution in [3.8, 4) is 22.6 Å². The van der Waals surface area contributed by atoms with Gasteiger partial charge in [0.05, 0.1) is 13.7 Å². The number of hydrogen-bond donors (Lipinski definition) is 1. The lowest BCUT2D eigenvalue weighted by molar-refractivity contribution is -0.274. The summed E-state index contributed by atoms with van der Waals surface area (Å²) in [5.74, 6) is -0.543. The van der Waals surface area contributed by atoms with Gasteiger partial charge in [-0.2, -0.15) is 0 Å². The average Bonchev–Trinajstić information content (AvgIpc) is 2.68. The molecule has 0 unspecified atom stereocenters. The van der Waals surface area contributed by atoms with Gasteiger partial charge in [0.1, 0.15) is 17.1 Å². The van der Waals surface area contributed by atoms with Crippen LogP contribution in [0.15, 0.2) is 30.3 Å². The van der Waals surface area contributed by atoms with Crippen molar-refractivity contribution in [2.24, 2.45) is 5.73 Å². The van der Waals surface area contributed by atoms with Crippen LogP contribution < -0.4 is 15.2 Å². The molecule has 0 heterocycles. The molecule has 0 aliphatic heterocycles. The second-order valence-corrected chi connectivity index (χ2v) is 6.32. The van der Waals surface area contributed by atoms with Crippen molar-refractivity contribution in [3.05, 3.63) is 47.0 Å². The molecular weight excluding hydrogens is 399 g/mol. The maximum atomic E-state index is 12.3. The Kier molecular flexibility index (Phi) is 9.65. The highest BCUT2D eigenvalue weighted by Gasteiger charge is 2.31. The minimum absolute atomic E-state index is 0.0626. The number of methoxy groups -OCH3 is 1. The van der Waals surface area contributed by atoms with Gasteiger partial charge in [0, 0.05) is 6.54 Å². The molecule has 5 nitrogen and oxygen atoms in total. The van der Waals surface area contributed by atoms with Gasteiger partial charge in [-0.15, -0.1) is 13.2 Å². The first-order valence-corrected chi connectivity index (χ1v) is 9.57. The second kappa shape index (κ2) is 11.4. The summed E-state index contributed by atoms with van der Waals surface area (Å²) >= 11 is 0. The smallest absolute Gasteiger partial charge is 0.496 e. The van der Waals surface area contributed by atoms with Crippen LogP contribution in [-0.4, -0.2) is 26.0 Å². The van der Waals surface area contributed by atoms with Gasteiger partial charge in [-0.1, -0.05) is 32.4 Å². The molecule has 0 spiro atoms. The van der Waals surface area contributed by atoms with Gasteiger partial charge in [-0.05, 0) is 54.3 Å². The molecule has 2 aromatic carbocycles. The molecule has 2 rings (SSSR count). The number of carbonyl (C=O) groups is 1. The van der Waals surface area contributed by atoms with Crippen molar-refractivity contribution in [3.63, 3.8) is 0 Å². The summed E-state index contributed by atoms with van der Waals surface area (Å²) in [6, 6.07) is 7.14. The van der Waals surface area contributed by atoms with Gasteiger partial charge in [0.15, 0.2) is 0 Å². The Balaban J connectivity index is 0.00000141. The van der Waals surface area contributed by atoms with E-state index < -0.39 is 12.3 Å². The standard InChI is InChI=1S/C19H20F3NO4.C3H8/c1-4-26-18(24)16-13(10-23)9-15(11(2)17(16)25-3)12-5-7-14(8-6-12)27-19(20,21)22;1-3-2/h5-9H,4,10,23H2,1-3H3;3H2,1-2H3. The van der Waals surface area contributed by atoms with E-state index in [1.165, 1.54) is 37.8 Å². The number of rotatable bonds is 6. The first-order chi connectivity index (χ1) is 14.1. The van der Waals surface area contributed by atoms with Crippen molar-refractivity contribution < 1.29 is 32.2 Å². The molecule has 0 bridgehead atoms. The molecule has 0 saturated heterocycles. The minimum Gasteiger partial charge on any atom is -0.496 e. The fourth-order valence-electron chi connectivity index (χ4n) is 2.79. The van der Waals surface area contributed by atoms with E-state index in [-0.39, 0.29) is 24.5 Å². The number of hydrogen-bond acceptors (Lipinski definition) is 5. The van der Waals surface area contributed by atoms with Crippen LogP contribution in [0, 0.1) is 6.92 Å². The van der Waals surface area contributed by atoms with Crippen LogP contribution in [0.5, 0.6) is 11.5 Å². The summed E-state index contributed by atoms with van der Waals surface area (Å²) < 4.78 is 51.3. The zero-order valence-electron chi connectivity index (χ0n) is 17.9. The van der Waals surface area contributed by atoms with Gasteiger partial charge >= 0.3 is 12.3 Å². The van der Waals surface area contributed by atoms with E-state index in [9.17, 15) is 18.0 Å². The normalized spacial score (nSPS) is 10.7. The summed E-state index contributed by atoms with van der Waals surface area (Å²) in [4.78, 5) is 12.3. The quantitative estimate of drug-likeness (QED) is 0.606. The third-order valence-electron chi connectivity index (χ3n) is 3.91. The van der Waals surface area contributed by atoms with Gasteiger partial charge < -0.3 is 19.9 Å². The third-order valence-corrected chi connectivity index (χ3v) is 3.91. The lowest BCUT2D eigenvalue weighted by Crippen LogP contribution is -2.17. The topological polar surface area (TPSA) is 70.8 Å². The SMILES string of the molecule is CCC.CCOC(=O)c1c(CN)cc(-c2ccc(OC(F)(F)F)cc2)c(C)c1OC. The zero-order valence-corrected chi connectivity index (χ0v) is 17.9. The highest BCUT2D eigenvalue weighted by atomic mass is 19.4. The van der Waals surface area contributed by atoms with E-state index in [2.05, 4.69) is 18.6 Å². The summed E-state index contributed by atoms with van der Waals surface area (Å²) in [6.45, 7) is 7.95. The van der Waals surface area contributed by atoms with Crippen LogP contribution in [0.2, 0.25) is 0 Å². The molecule has 0 fully saturated rings. The molecule has 2 N–H and O–H groups in total. The molecular formula is C22H28F3NO4. The van der Waals surface area contributed by atoms with Crippen molar-refractivity contribution in [1.29, 1.82) is 0 Å². The molecule has 0 atom stereocenters. The minimum atomic E-state index is -4.76. The fraction of sp³-hybridized carbons (Fsp3) is 0.409. The zero-order chi connectivity index (χ0) is 22.9. The Hall–Kier alpha value is -2.74. The molecule has 0 aromatic heterocycles. The molecule has 8 heteroatoms. The number of esters is 1. The molecule has 0 aliphatic carbocycles. The highest BCUT2D eigenvalue weighted by molar-refractivity contribution is 5.96. The van der Waals surface area contributed by atoms with Crippen LogP contribution >= 0.6 is 0 Å². The van der Waals surface area contributed by atoms with Crippen LogP contribution in [0.4, 0.5) is 13.2 Å². The number of carbonyl (C=O) groups excluding carboxylic acids is 1. The molecule has 0 amide bonds. The van der Waals surface area contributed by atoms with E-state index >= 15 is 0 Å². The molecule has 0 radical (unpaired) electrons. The van der Waals surface area contributed by atoms with Gasteiger partial charge in [0.2, 0.25) is 0 Å². The number of nitrogens with two attached hydrogens (primary N) is 1. The Bertz CT molecular complexity index is 834. The van der Waals surface area contributed by atoms with Crippen molar-refractivity contribution in [2.75, 3.05) is 13.7 Å². The Labute approximate surface area is 174 Å². The largest absolute Gasteiger partial charge is 0.573 e. The molecule has 0 aliphatic rings. The van der Waals surface area contributed by atoms with Crippen molar-refractivity contribution >= 4 is 5.97 Å². The number of benzene rings is 2. The Morgan fingerprint density at radius 3 is 2.10 bits per heavy atom. The van der Waals surface area contributed by atoms with Crippen molar-refractivity contribution in [1.82, 2.24) is 0 Å². The van der Waals surface area contributed by atoms with E-state index in [1.54, 1.807) is 19.9 Å². The highest BCUT2D eigenvalue weighted by Crippen LogP contribution is 2.37. The lowest BCUT2D eigenvalue weighted by atomic mass is 9.93. The van der Waals surface area contributed by atoms with E-state index in [1.807, 2.05) is 0 Å². The van der Waals surface area contributed by atoms with Crippen LogP contribution in [-0.2, 0) is 11.3 Å².